The Labute approximate surface area is 48.6 Å². The molecule has 0 heterocycles. The Morgan fingerprint density at radius 1 is 1.71 bits per heavy atom. The first-order valence-corrected chi connectivity index (χ1v) is 2.90. The second-order valence-electron chi connectivity index (χ2n) is 0.879. The summed E-state index contributed by atoms with van der Waals surface area (Å²) in [4.78, 5) is 0. The first-order valence-electron chi connectivity index (χ1n) is 1.91. The third-order valence-electron chi connectivity index (χ3n) is 0.346. The maximum Gasteiger partial charge on any atom is 0.0704 e. The lowest BCUT2D eigenvalue weighted by Crippen LogP contribution is -1.58. The Bertz CT molecular complexity index is 88.4. The second kappa shape index (κ2) is 5.61. The molecular formula is C6H7S. The highest BCUT2D eigenvalue weighted by molar-refractivity contribution is 8.01. The van der Waals surface area contributed by atoms with Gasteiger partial charge in [-0.2, -0.15) is 0 Å². The zero-order chi connectivity index (χ0) is 5.54. The van der Waals surface area contributed by atoms with Crippen LogP contribution in [0.4, 0.5) is 0 Å². The van der Waals surface area contributed by atoms with Crippen LogP contribution in [0.15, 0.2) is 25.0 Å². The van der Waals surface area contributed by atoms with Crippen molar-refractivity contribution in [3.8, 4) is 0 Å². The molecule has 1 radical (unpaired) electrons. The molecule has 0 aliphatic rings. The molecule has 0 bridgehead atoms. The normalized spacial score (nSPS) is 6.86. The zero-order valence-electron chi connectivity index (χ0n) is 4.11. The molecule has 0 nitrogen and oxygen atoms in total. The lowest BCUT2D eigenvalue weighted by molar-refractivity contribution is 1.83. The molecular weight excluding hydrogens is 104 g/mol. The van der Waals surface area contributed by atoms with Crippen LogP contribution < -0.4 is 0 Å². The van der Waals surface area contributed by atoms with Crippen molar-refractivity contribution in [2.75, 3.05) is 5.75 Å². The predicted molar refractivity (Wildman–Crippen MR) is 35.0 cm³/mol. The summed E-state index contributed by atoms with van der Waals surface area (Å²) in [6, 6.07) is 0. The molecule has 0 atom stereocenters. The Hall–Kier alpha value is -0.390. The van der Waals surface area contributed by atoms with Crippen molar-refractivity contribution in [3.63, 3.8) is 0 Å². The smallest absolute Gasteiger partial charge is 0.0704 e. The van der Waals surface area contributed by atoms with Gasteiger partial charge in [0.05, 0.1) is 5.41 Å². The minimum absolute atomic E-state index is 0.891. The van der Waals surface area contributed by atoms with Crippen LogP contribution in [0.3, 0.4) is 0 Å². The van der Waals surface area contributed by atoms with Crippen LogP contribution in [0.1, 0.15) is 0 Å². The van der Waals surface area contributed by atoms with Gasteiger partial charge in [-0.3, -0.25) is 0 Å². The summed E-state index contributed by atoms with van der Waals surface area (Å²) in [5, 5.41) is 2.73. The molecule has 0 aromatic heterocycles. The third-order valence-corrected chi connectivity index (χ3v) is 1.04. The fourth-order valence-electron chi connectivity index (χ4n) is 0.152. The second-order valence-corrected chi connectivity index (χ2v) is 1.70. The molecule has 0 saturated carbocycles. The van der Waals surface area contributed by atoms with E-state index in [2.05, 4.69) is 24.3 Å². The summed E-state index contributed by atoms with van der Waals surface area (Å²) in [6.07, 6.45) is 1.81. The third kappa shape index (κ3) is 5.61. The van der Waals surface area contributed by atoms with Gasteiger partial charge in [-0.25, -0.2) is 0 Å². The molecule has 1 heteroatoms. The summed E-state index contributed by atoms with van der Waals surface area (Å²) in [5.74, 6) is 0.891. The van der Waals surface area contributed by atoms with Crippen LogP contribution in [-0.4, -0.2) is 5.75 Å². The SMILES string of the molecule is C=C=[C]SCC=C. The number of thioether (sulfide) groups is 1. The van der Waals surface area contributed by atoms with Gasteiger partial charge in [0.25, 0.3) is 0 Å². The van der Waals surface area contributed by atoms with E-state index in [4.69, 9.17) is 0 Å². The van der Waals surface area contributed by atoms with Gasteiger partial charge in [-0.15, -0.1) is 24.1 Å². The number of rotatable bonds is 3. The first kappa shape index (κ1) is 6.61. The van der Waals surface area contributed by atoms with Crippen LogP contribution in [-0.2, 0) is 0 Å². The lowest BCUT2D eigenvalue weighted by atomic mass is 10.8. The van der Waals surface area contributed by atoms with E-state index < -0.39 is 0 Å². The van der Waals surface area contributed by atoms with E-state index in [0.717, 1.165) is 5.75 Å². The van der Waals surface area contributed by atoms with Crippen LogP contribution in [0.5, 0.6) is 0 Å². The van der Waals surface area contributed by atoms with Gasteiger partial charge in [-0.1, -0.05) is 12.7 Å². The summed E-state index contributed by atoms with van der Waals surface area (Å²) in [7, 11) is 0. The Morgan fingerprint density at radius 2 is 2.43 bits per heavy atom. The van der Waals surface area contributed by atoms with Crippen LogP contribution in [0.2, 0.25) is 0 Å². The van der Waals surface area contributed by atoms with Crippen molar-refractivity contribution in [1.29, 1.82) is 0 Å². The molecule has 0 aromatic carbocycles. The quantitative estimate of drug-likeness (QED) is 0.305. The molecule has 0 spiro atoms. The fourth-order valence-corrected chi connectivity index (χ4v) is 0.455. The zero-order valence-corrected chi connectivity index (χ0v) is 4.92. The summed E-state index contributed by atoms with van der Waals surface area (Å²) >= 11 is 1.51. The Kier molecular flexibility index (Phi) is 5.30. The van der Waals surface area contributed by atoms with E-state index in [9.17, 15) is 0 Å². The fraction of sp³-hybridized carbons (Fsp3) is 0.167. The van der Waals surface area contributed by atoms with E-state index in [0.29, 0.717) is 0 Å². The van der Waals surface area contributed by atoms with E-state index in [1.165, 1.54) is 11.8 Å². The molecule has 0 aliphatic heterocycles. The van der Waals surface area contributed by atoms with E-state index in [1.54, 1.807) is 0 Å². The molecule has 0 aromatic rings. The first-order chi connectivity index (χ1) is 3.41. The summed E-state index contributed by atoms with van der Waals surface area (Å²) < 4.78 is 0. The highest BCUT2D eigenvalue weighted by Gasteiger charge is 1.68. The van der Waals surface area contributed by atoms with Crippen LogP contribution in [0, 0.1) is 5.41 Å². The van der Waals surface area contributed by atoms with Gasteiger partial charge >= 0.3 is 0 Å². The van der Waals surface area contributed by atoms with Crippen molar-refractivity contribution in [2.24, 2.45) is 0 Å². The van der Waals surface area contributed by atoms with Gasteiger partial charge in [0.15, 0.2) is 0 Å². The van der Waals surface area contributed by atoms with Gasteiger partial charge in [0, 0.05) is 5.75 Å². The number of hydrogen-bond donors (Lipinski definition) is 0. The molecule has 0 aliphatic carbocycles. The Morgan fingerprint density at radius 3 is 2.86 bits per heavy atom. The molecule has 0 N–H and O–H groups in total. The van der Waals surface area contributed by atoms with E-state index in [1.807, 2.05) is 6.08 Å². The lowest BCUT2D eigenvalue weighted by Gasteiger charge is -1.76. The van der Waals surface area contributed by atoms with Gasteiger partial charge in [-0.05, 0) is 0 Å². The van der Waals surface area contributed by atoms with E-state index in [-0.39, 0.29) is 0 Å². The number of hydrogen-bond acceptors (Lipinski definition) is 1. The van der Waals surface area contributed by atoms with E-state index >= 15 is 0 Å². The largest absolute Gasteiger partial charge is 0.112 e. The van der Waals surface area contributed by atoms with Crippen LogP contribution >= 0.6 is 11.8 Å². The summed E-state index contributed by atoms with van der Waals surface area (Å²) in [6.45, 7) is 6.86. The monoisotopic (exact) mass is 111 g/mol. The molecule has 37 valence electrons. The van der Waals surface area contributed by atoms with Crippen molar-refractivity contribution in [3.05, 3.63) is 30.4 Å². The van der Waals surface area contributed by atoms with Crippen molar-refractivity contribution < 1.29 is 0 Å². The highest BCUT2D eigenvalue weighted by atomic mass is 32.2. The highest BCUT2D eigenvalue weighted by Crippen LogP contribution is 1.96. The molecule has 0 amide bonds. The molecule has 7 heavy (non-hydrogen) atoms. The maximum absolute atomic E-state index is 3.52. The molecule has 0 unspecified atom stereocenters. The average molecular weight is 111 g/mol. The predicted octanol–water partition coefficient (Wildman–Crippen LogP) is 2.01. The van der Waals surface area contributed by atoms with Crippen molar-refractivity contribution in [1.82, 2.24) is 0 Å². The summed E-state index contributed by atoms with van der Waals surface area (Å²) in [5.41, 5.74) is 2.52. The van der Waals surface area contributed by atoms with Gasteiger partial charge in [0.1, 0.15) is 0 Å². The van der Waals surface area contributed by atoms with Crippen molar-refractivity contribution >= 4 is 11.8 Å². The topological polar surface area (TPSA) is 0 Å². The Balaban J connectivity index is 2.97. The van der Waals surface area contributed by atoms with Crippen LogP contribution in [0.25, 0.3) is 0 Å². The maximum atomic E-state index is 3.52. The standard InChI is InChI=1S/C6H7S/c1-3-5-7-6-4-2/h3H,1-2,5H2. The molecule has 0 fully saturated rings. The molecule has 0 rings (SSSR count). The minimum Gasteiger partial charge on any atom is -0.112 e. The molecule has 0 saturated heterocycles. The van der Waals surface area contributed by atoms with Gasteiger partial charge in [0.2, 0.25) is 0 Å². The minimum atomic E-state index is 0.891. The average Bonchev–Trinajstić information content (AvgIpc) is 1.69. The van der Waals surface area contributed by atoms with Gasteiger partial charge < -0.3 is 0 Å². The van der Waals surface area contributed by atoms with Crippen molar-refractivity contribution in [2.45, 2.75) is 0 Å².